The molecule has 0 spiro atoms. The summed E-state index contributed by atoms with van der Waals surface area (Å²) in [5.74, 6) is -0.449. The van der Waals surface area contributed by atoms with Crippen molar-refractivity contribution in [2.45, 2.75) is 13.3 Å². The zero-order chi connectivity index (χ0) is 21.2. The number of primary amides is 1. The Bertz CT molecular complexity index is 852. The number of carbonyl (C=O) groups excluding carboxylic acids is 3. The Hall–Kier alpha value is -3.39. The number of hydrogen-bond donors (Lipinski definition) is 3. The van der Waals surface area contributed by atoms with E-state index in [2.05, 4.69) is 10.6 Å². The maximum atomic E-state index is 12.4. The van der Waals surface area contributed by atoms with Crippen molar-refractivity contribution >= 4 is 29.1 Å². The van der Waals surface area contributed by atoms with Crippen LogP contribution in [0.4, 0.5) is 11.4 Å². The zero-order valence-electron chi connectivity index (χ0n) is 16.6. The van der Waals surface area contributed by atoms with E-state index in [1.807, 2.05) is 13.0 Å². The van der Waals surface area contributed by atoms with Gasteiger partial charge in [0.1, 0.15) is 5.75 Å². The maximum Gasteiger partial charge on any atom is 0.248 e. The van der Waals surface area contributed by atoms with E-state index in [4.69, 9.17) is 10.5 Å². The van der Waals surface area contributed by atoms with Crippen LogP contribution in [0.1, 0.15) is 23.7 Å². The van der Waals surface area contributed by atoms with Crippen molar-refractivity contribution in [1.29, 1.82) is 0 Å². The van der Waals surface area contributed by atoms with Gasteiger partial charge in [0.05, 0.1) is 25.9 Å². The van der Waals surface area contributed by atoms with Crippen LogP contribution >= 0.6 is 0 Å². The number of benzene rings is 2. The summed E-state index contributed by atoms with van der Waals surface area (Å²) in [6.45, 7) is 2.70. The number of nitrogens with zero attached hydrogens (tertiary/aromatic N) is 1. The maximum absolute atomic E-state index is 12.4. The van der Waals surface area contributed by atoms with Crippen molar-refractivity contribution in [2.75, 3.05) is 37.4 Å². The highest BCUT2D eigenvalue weighted by Gasteiger charge is 2.15. The number of anilines is 2. The van der Waals surface area contributed by atoms with Gasteiger partial charge in [0.25, 0.3) is 0 Å². The predicted molar refractivity (Wildman–Crippen MR) is 112 cm³/mol. The van der Waals surface area contributed by atoms with E-state index in [9.17, 15) is 14.4 Å². The van der Waals surface area contributed by atoms with Crippen LogP contribution in [0, 0.1) is 0 Å². The molecule has 2 rings (SSSR count). The lowest BCUT2D eigenvalue weighted by Gasteiger charge is -2.21. The van der Waals surface area contributed by atoms with Crippen molar-refractivity contribution in [3.63, 3.8) is 0 Å². The Labute approximate surface area is 170 Å². The molecule has 2 aromatic rings. The molecule has 0 bridgehead atoms. The third kappa shape index (κ3) is 6.93. The van der Waals surface area contributed by atoms with Gasteiger partial charge in [-0.1, -0.05) is 19.1 Å². The number of ether oxygens (including phenoxy) is 1. The number of carbonyl (C=O) groups is 3. The Balaban J connectivity index is 1.93. The summed E-state index contributed by atoms with van der Waals surface area (Å²) in [6.07, 6.45) is 0.794. The highest BCUT2D eigenvalue weighted by molar-refractivity contribution is 5.96. The molecule has 2 aromatic carbocycles. The molecule has 29 heavy (non-hydrogen) atoms. The topological polar surface area (TPSA) is 114 Å². The van der Waals surface area contributed by atoms with Crippen LogP contribution in [0.15, 0.2) is 48.5 Å². The average Bonchev–Trinajstić information content (AvgIpc) is 2.68. The van der Waals surface area contributed by atoms with E-state index < -0.39 is 5.91 Å². The molecule has 0 aliphatic carbocycles. The number of hydrogen-bond acceptors (Lipinski definition) is 5. The van der Waals surface area contributed by atoms with Crippen molar-refractivity contribution in [3.8, 4) is 5.75 Å². The molecule has 0 unspecified atom stereocenters. The monoisotopic (exact) mass is 398 g/mol. The van der Waals surface area contributed by atoms with Crippen LogP contribution in [-0.2, 0) is 9.59 Å². The van der Waals surface area contributed by atoms with E-state index in [-0.39, 0.29) is 24.9 Å². The summed E-state index contributed by atoms with van der Waals surface area (Å²) < 4.78 is 5.23. The van der Waals surface area contributed by atoms with Crippen LogP contribution < -0.4 is 21.1 Å². The normalized spacial score (nSPS) is 10.4. The molecule has 0 aromatic heterocycles. The van der Waals surface area contributed by atoms with Gasteiger partial charge in [-0.15, -0.1) is 0 Å². The van der Waals surface area contributed by atoms with Gasteiger partial charge in [0.2, 0.25) is 17.7 Å². The highest BCUT2D eigenvalue weighted by atomic mass is 16.5. The molecule has 3 amide bonds. The quantitative estimate of drug-likeness (QED) is 0.567. The van der Waals surface area contributed by atoms with E-state index in [1.165, 1.54) is 7.11 Å². The number of nitrogens with two attached hydrogens (primary N) is 1. The second kappa shape index (κ2) is 10.8. The molecule has 8 heteroatoms. The molecular weight excluding hydrogens is 372 g/mol. The molecule has 8 nitrogen and oxygen atoms in total. The van der Waals surface area contributed by atoms with Crippen LogP contribution in [0.3, 0.4) is 0 Å². The predicted octanol–water partition coefficient (Wildman–Crippen LogP) is 2.08. The van der Waals surface area contributed by atoms with E-state index in [1.54, 1.807) is 47.4 Å². The number of methoxy groups -OCH3 is 1. The molecular formula is C21H26N4O4. The largest absolute Gasteiger partial charge is 0.495 e. The van der Waals surface area contributed by atoms with Gasteiger partial charge in [-0.25, -0.2) is 0 Å². The summed E-state index contributed by atoms with van der Waals surface area (Å²) in [5, 5.41) is 5.56. The second-order valence-corrected chi connectivity index (χ2v) is 6.45. The Morgan fingerprint density at radius 1 is 0.966 bits per heavy atom. The molecule has 0 saturated heterocycles. The Morgan fingerprint density at radius 3 is 2.17 bits per heavy atom. The van der Waals surface area contributed by atoms with Crippen molar-refractivity contribution in [1.82, 2.24) is 4.90 Å². The third-order valence-electron chi connectivity index (χ3n) is 4.11. The minimum Gasteiger partial charge on any atom is -0.495 e. The van der Waals surface area contributed by atoms with E-state index in [0.717, 1.165) is 6.42 Å². The van der Waals surface area contributed by atoms with Gasteiger partial charge in [-0.05, 0) is 49.4 Å². The number of amides is 3. The fraction of sp³-hybridized carbons (Fsp3) is 0.286. The first kappa shape index (κ1) is 21.9. The molecule has 0 radical (unpaired) electrons. The Kier molecular flexibility index (Phi) is 8.17. The molecule has 0 saturated carbocycles. The zero-order valence-corrected chi connectivity index (χ0v) is 16.6. The number of rotatable bonds is 10. The number of para-hydroxylation sites is 2. The summed E-state index contributed by atoms with van der Waals surface area (Å²) in [4.78, 5) is 37.7. The van der Waals surface area contributed by atoms with Crippen LogP contribution in [0.5, 0.6) is 5.75 Å². The first-order valence-electron chi connectivity index (χ1n) is 9.28. The fourth-order valence-corrected chi connectivity index (χ4v) is 2.79. The molecule has 0 fully saturated rings. The summed E-state index contributed by atoms with van der Waals surface area (Å²) in [5.41, 5.74) is 6.70. The molecule has 0 atom stereocenters. The van der Waals surface area contributed by atoms with Crippen LogP contribution in [0.2, 0.25) is 0 Å². The summed E-state index contributed by atoms with van der Waals surface area (Å²) in [6, 6.07) is 13.4. The van der Waals surface area contributed by atoms with Gasteiger partial charge in [-0.2, -0.15) is 0 Å². The van der Waals surface area contributed by atoms with Gasteiger partial charge in [-0.3, -0.25) is 19.3 Å². The van der Waals surface area contributed by atoms with Gasteiger partial charge in [0, 0.05) is 11.3 Å². The SMILES string of the molecule is CCCN(CC(=O)Nc1ccc(C(N)=O)cc1)CC(=O)Nc1ccccc1OC. The van der Waals surface area contributed by atoms with Crippen LogP contribution in [0.25, 0.3) is 0 Å². The molecule has 154 valence electrons. The Morgan fingerprint density at radius 2 is 1.59 bits per heavy atom. The lowest BCUT2D eigenvalue weighted by molar-refractivity contribution is -0.120. The second-order valence-electron chi connectivity index (χ2n) is 6.45. The van der Waals surface area contributed by atoms with Gasteiger partial charge >= 0.3 is 0 Å². The van der Waals surface area contributed by atoms with E-state index in [0.29, 0.717) is 29.2 Å². The van der Waals surface area contributed by atoms with Crippen molar-refractivity contribution in [3.05, 3.63) is 54.1 Å². The van der Waals surface area contributed by atoms with Crippen molar-refractivity contribution in [2.24, 2.45) is 5.73 Å². The summed E-state index contributed by atoms with van der Waals surface area (Å²) in [7, 11) is 1.54. The first-order chi connectivity index (χ1) is 13.9. The summed E-state index contributed by atoms with van der Waals surface area (Å²) >= 11 is 0. The average molecular weight is 398 g/mol. The first-order valence-corrected chi connectivity index (χ1v) is 9.28. The van der Waals surface area contributed by atoms with Crippen LogP contribution in [-0.4, -0.2) is 49.4 Å². The van der Waals surface area contributed by atoms with Gasteiger partial charge < -0.3 is 21.1 Å². The third-order valence-corrected chi connectivity index (χ3v) is 4.11. The molecule has 0 aliphatic rings. The minimum atomic E-state index is -0.530. The molecule has 4 N–H and O–H groups in total. The minimum absolute atomic E-state index is 0.0603. The highest BCUT2D eigenvalue weighted by Crippen LogP contribution is 2.22. The number of nitrogens with one attached hydrogen (secondary N) is 2. The van der Waals surface area contributed by atoms with Crippen molar-refractivity contribution < 1.29 is 19.1 Å². The molecule has 0 aliphatic heterocycles. The van der Waals surface area contributed by atoms with Gasteiger partial charge in [0.15, 0.2) is 0 Å². The lowest BCUT2D eigenvalue weighted by atomic mass is 10.2. The fourth-order valence-electron chi connectivity index (χ4n) is 2.79. The lowest BCUT2D eigenvalue weighted by Crippen LogP contribution is -2.39. The smallest absolute Gasteiger partial charge is 0.248 e. The van der Waals surface area contributed by atoms with E-state index >= 15 is 0 Å². The standard InChI is InChI=1S/C21H26N4O4/c1-3-12-25(14-20(27)24-17-6-4-5-7-18(17)29-2)13-19(26)23-16-10-8-15(9-11-16)21(22)28/h4-11H,3,12-14H2,1-2H3,(H2,22,28)(H,23,26)(H,24,27). The molecule has 0 heterocycles.